The standard InChI is InChI=1S/C15H27N3O2/c1-12(19)13-4-2-3-5-14(13)15(20)17-8-11-18-9-6-16-7-10-18/h13-14,16H,2-11H2,1H3,(H,17,20). The van der Waals surface area contributed by atoms with Crippen molar-refractivity contribution >= 4 is 11.7 Å². The van der Waals surface area contributed by atoms with E-state index in [1.807, 2.05) is 0 Å². The Morgan fingerprint density at radius 3 is 2.45 bits per heavy atom. The third kappa shape index (κ3) is 4.28. The molecule has 2 unspecified atom stereocenters. The molecule has 1 aliphatic carbocycles. The van der Waals surface area contributed by atoms with Gasteiger partial charge in [-0.25, -0.2) is 0 Å². The van der Waals surface area contributed by atoms with Gasteiger partial charge >= 0.3 is 0 Å². The Balaban J connectivity index is 1.73. The number of nitrogens with one attached hydrogen (secondary N) is 2. The van der Waals surface area contributed by atoms with Gasteiger partial charge in [-0.1, -0.05) is 12.8 Å². The van der Waals surface area contributed by atoms with E-state index in [0.29, 0.717) is 6.54 Å². The van der Waals surface area contributed by atoms with Crippen molar-refractivity contribution in [2.75, 3.05) is 39.3 Å². The molecular formula is C15H27N3O2. The van der Waals surface area contributed by atoms with Crippen molar-refractivity contribution in [1.82, 2.24) is 15.5 Å². The van der Waals surface area contributed by atoms with Gasteiger partial charge in [0.05, 0.1) is 0 Å². The smallest absolute Gasteiger partial charge is 0.223 e. The molecular weight excluding hydrogens is 254 g/mol. The average molecular weight is 281 g/mol. The molecule has 2 fully saturated rings. The highest BCUT2D eigenvalue weighted by molar-refractivity contribution is 5.87. The summed E-state index contributed by atoms with van der Waals surface area (Å²) in [5.74, 6) is 0.110. The quantitative estimate of drug-likeness (QED) is 0.766. The van der Waals surface area contributed by atoms with E-state index < -0.39 is 0 Å². The number of piperazine rings is 1. The largest absolute Gasteiger partial charge is 0.355 e. The number of rotatable bonds is 5. The monoisotopic (exact) mass is 281 g/mol. The zero-order chi connectivity index (χ0) is 14.4. The van der Waals surface area contributed by atoms with Gasteiger partial charge in [-0.3, -0.25) is 14.5 Å². The number of ketones is 1. The van der Waals surface area contributed by atoms with Gasteiger partial charge in [-0.2, -0.15) is 0 Å². The minimum atomic E-state index is -0.0933. The summed E-state index contributed by atoms with van der Waals surface area (Å²) in [4.78, 5) is 26.3. The molecule has 1 amide bonds. The Hall–Kier alpha value is -0.940. The summed E-state index contributed by atoms with van der Waals surface area (Å²) in [6.07, 6.45) is 3.89. The molecule has 5 heteroatoms. The van der Waals surface area contributed by atoms with E-state index in [-0.39, 0.29) is 23.5 Å². The molecule has 0 aromatic heterocycles. The Kier molecular flexibility index (Phi) is 5.98. The van der Waals surface area contributed by atoms with Gasteiger partial charge in [0, 0.05) is 51.1 Å². The Labute approximate surface area is 121 Å². The second-order valence-electron chi connectivity index (χ2n) is 5.99. The molecule has 1 saturated carbocycles. The van der Waals surface area contributed by atoms with E-state index in [1.165, 1.54) is 0 Å². The first-order chi connectivity index (χ1) is 9.68. The van der Waals surface area contributed by atoms with Gasteiger partial charge in [0.1, 0.15) is 5.78 Å². The van der Waals surface area contributed by atoms with Gasteiger partial charge < -0.3 is 10.6 Å². The van der Waals surface area contributed by atoms with Gasteiger partial charge in [0.15, 0.2) is 0 Å². The molecule has 0 spiro atoms. The molecule has 2 rings (SSSR count). The second kappa shape index (κ2) is 7.74. The number of hydrogen-bond donors (Lipinski definition) is 2. The highest BCUT2D eigenvalue weighted by Gasteiger charge is 2.33. The number of hydrogen-bond acceptors (Lipinski definition) is 4. The van der Waals surface area contributed by atoms with Crippen molar-refractivity contribution in [3.05, 3.63) is 0 Å². The normalized spacial score (nSPS) is 28.1. The molecule has 2 N–H and O–H groups in total. The molecule has 0 aromatic carbocycles. The van der Waals surface area contributed by atoms with Crippen LogP contribution in [0.3, 0.4) is 0 Å². The zero-order valence-electron chi connectivity index (χ0n) is 12.5. The summed E-state index contributed by atoms with van der Waals surface area (Å²) in [6.45, 7) is 7.39. The molecule has 20 heavy (non-hydrogen) atoms. The highest BCUT2D eigenvalue weighted by atomic mass is 16.2. The van der Waals surface area contributed by atoms with Crippen molar-refractivity contribution in [2.45, 2.75) is 32.6 Å². The average Bonchev–Trinajstić information content (AvgIpc) is 2.48. The topological polar surface area (TPSA) is 61.4 Å². The predicted octanol–water partition coefficient (Wildman–Crippen LogP) is 0.403. The van der Waals surface area contributed by atoms with E-state index >= 15 is 0 Å². The zero-order valence-corrected chi connectivity index (χ0v) is 12.5. The van der Waals surface area contributed by atoms with E-state index in [9.17, 15) is 9.59 Å². The lowest BCUT2D eigenvalue weighted by Crippen LogP contribution is -2.47. The van der Waals surface area contributed by atoms with Crippen LogP contribution in [0.4, 0.5) is 0 Å². The van der Waals surface area contributed by atoms with E-state index in [2.05, 4.69) is 15.5 Å². The molecule has 1 heterocycles. The lowest BCUT2D eigenvalue weighted by molar-refractivity contribution is -0.134. The van der Waals surface area contributed by atoms with E-state index in [1.54, 1.807) is 6.92 Å². The SMILES string of the molecule is CC(=O)C1CCCCC1C(=O)NCCN1CCNCC1. The first kappa shape index (κ1) is 15.4. The number of amides is 1. The minimum Gasteiger partial charge on any atom is -0.355 e. The molecule has 5 nitrogen and oxygen atoms in total. The van der Waals surface area contributed by atoms with Crippen molar-refractivity contribution in [3.8, 4) is 0 Å². The van der Waals surface area contributed by atoms with Crippen LogP contribution >= 0.6 is 0 Å². The van der Waals surface area contributed by atoms with Crippen LogP contribution < -0.4 is 10.6 Å². The minimum absolute atomic E-state index is 0.0528. The van der Waals surface area contributed by atoms with Gasteiger partial charge in [0.2, 0.25) is 5.91 Å². The number of carbonyl (C=O) groups excluding carboxylic acids is 2. The first-order valence-corrected chi connectivity index (χ1v) is 7.89. The maximum Gasteiger partial charge on any atom is 0.223 e. The summed E-state index contributed by atoms with van der Waals surface area (Å²) in [5, 5.41) is 6.35. The summed E-state index contributed by atoms with van der Waals surface area (Å²) in [7, 11) is 0. The lowest BCUT2D eigenvalue weighted by Gasteiger charge is -2.30. The number of carbonyl (C=O) groups is 2. The predicted molar refractivity (Wildman–Crippen MR) is 78.4 cm³/mol. The van der Waals surface area contributed by atoms with Crippen LogP contribution in [-0.4, -0.2) is 55.9 Å². The Bertz CT molecular complexity index is 340. The molecule has 114 valence electrons. The summed E-state index contributed by atoms with van der Waals surface area (Å²) < 4.78 is 0. The number of nitrogens with zero attached hydrogens (tertiary/aromatic N) is 1. The molecule has 0 aromatic rings. The van der Waals surface area contributed by atoms with Crippen molar-refractivity contribution in [1.29, 1.82) is 0 Å². The van der Waals surface area contributed by atoms with Crippen LogP contribution in [0.2, 0.25) is 0 Å². The molecule has 2 atom stereocenters. The fourth-order valence-corrected chi connectivity index (χ4v) is 3.33. The fraction of sp³-hybridized carbons (Fsp3) is 0.867. The van der Waals surface area contributed by atoms with Gasteiger partial charge in [0.25, 0.3) is 0 Å². The molecule has 0 radical (unpaired) electrons. The molecule has 1 aliphatic heterocycles. The Morgan fingerprint density at radius 2 is 1.80 bits per heavy atom. The third-order valence-corrected chi connectivity index (χ3v) is 4.56. The first-order valence-electron chi connectivity index (χ1n) is 7.89. The van der Waals surface area contributed by atoms with Gasteiger partial charge in [-0.05, 0) is 19.8 Å². The summed E-state index contributed by atoms with van der Waals surface area (Å²) in [6, 6.07) is 0. The Morgan fingerprint density at radius 1 is 1.15 bits per heavy atom. The van der Waals surface area contributed by atoms with Crippen LogP contribution in [0.15, 0.2) is 0 Å². The van der Waals surface area contributed by atoms with Crippen molar-refractivity contribution < 1.29 is 9.59 Å². The maximum absolute atomic E-state index is 12.3. The molecule has 2 aliphatic rings. The summed E-state index contributed by atoms with van der Waals surface area (Å²) in [5.41, 5.74) is 0. The third-order valence-electron chi connectivity index (χ3n) is 4.56. The van der Waals surface area contributed by atoms with Crippen LogP contribution in [0.1, 0.15) is 32.6 Å². The van der Waals surface area contributed by atoms with Crippen LogP contribution in [0, 0.1) is 11.8 Å². The maximum atomic E-state index is 12.3. The summed E-state index contributed by atoms with van der Waals surface area (Å²) >= 11 is 0. The van der Waals surface area contributed by atoms with Gasteiger partial charge in [-0.15, -0.1) is 0 Å². The second-order valence-corrected chi connectivity index (χ2v) is 5.99. The van der Waals surface area contributed by atoms with Crippen molar-refractivity contribution in [3.63, 3.8) is 0 Å². The molecule has 1 saturated heterocycles. The fourth-order valence-electron chi connectivity index (χ4n) is 3.33. The highest BCUT2D eigenvalue weighted by Crippen LogP contribution is 2.30. The van der Waals surface area contributed by atoms with Crippen LogP contribution in [0.5, 0.6) is 0 Å². The lowest BCUT2D eigenvalue weighted by atomic mass is 9.77. The molecule has 0 bridgehead atoms. The van der Waals surface area contributed by atoms with Crippen LogP contribution in [-0.2, 0) is 9.59 Å². The van der Waals surface area contributed by atoms with E-state index in [0.717, 1.165) is 58.4 Å². The van der Waals surface area contributed by atoms with Crippen molar-refractivity contribution in [2.24, 2.45) is 11.8 Å². The number of Topliss-reactive ketones (excluding diaryl/α,β-unsaturated/α-hetero) is 1. The van der Waals surface area contributed by atoms with E-state index in [4.69, 9.17) is 0 Å². The van der Waals surface area contributed by atoms with Crippen LogP contribution in [0.25, 0.3) is 0 Å².